The van der Waals surface area contributed by atoms with Crippen LogP contribution in [0, 0.1) is 0 Å². The summed E-state index contributed by atoms with van der Waals surface area (Å²) in [6, 6.07) is 21.3. The van der Waals surface area contributed by atoms with Crippen LogP contribution in [0.2, 0.25) is 0 Å². The maximum absolute atomic E-state index is 6.25. The molecule has 0 spiro atoms. The van der Waals surface area contributed by atoms with E-state index in [9.17, 15) is 0 Å². The topological polar surface area (TPSA) is 21.7 Å². The number of hydrogen-bond acceptors (Lipinski definition) is 3. The molecule has 0 radical (unpaired) electrons. The number of ether oxygens (including phenoxy) is 1. The molecule has 0 aromatic heterocycles. The minimum Gasteiger partial charge on any atom is -0.372 e. The van der Waals surface area contributed by atoms with E-state index in [2.05, 4.69) is 59.7 Å². The first-order valence-corrected chi connectivity index (χ1v) is 8.54. The van der Waals surface area contributed by atoms with Crippen molar-refractivity contribution in [2.45, 2.75) is 44.1 Å². The Hall–Kier alpha value is -1.68. The van der Waals surface area contributed by atoms with Crippen LogP contribution in [0.1, 0.15) is 36.5 Å². The highest BCUT2D eigenvalue weighted by Gasteiger charge is 2.41. The number of piperidine rings is 1. The maximum atomic E-state index is 6.25. The molecule has 2 heterocycles. The summed E-state index contributed by atoms with van der Waals surface area (Å²) in [7, 11) is 0. The number of rotatable bonds is 4. The number of nitrogens with zero attached hydrogens (tertiary/aromatic N) is 1. The fourth-order valence-electron chi connectivity index (χ4n) is 3.65. The van der Waals surface area contributed by atoms with Crippen molar-refractivity contribution in [1.82, 2.24) is 5.06 Å². The fraction of sp³-hybridized carbons (Fsp3) is 0.400. The highest BCUT2D eigenvalue weighted by Crippen LogP contribution is 2.38. The van der Waals surface area contributed by atoms with Crippen LogP contribution in [0.15, 0.2) is 60.7 Å². The predicted molar refractivity (Wildman–Crippen MR) is 89.6 cm³/mol. The molecule has 2 aromatic carbocycles. The molecule has 2 aliphatic heterocycles. The average Bonchev–Trinajstić information content (AvgIpc) is 3.06. The third-order valence-electron chi connectivity index (χ3n) is 4.86. The molecule has 0 amide bonds. The first-order valence-electron chi connectivity index (χ1n) is 8.54. The van der Waals surface area contributed by atoms with Crippen molar-refractivity contribution in [3.63, 3.8) is 0 Å². The van der Waals surface area contributed by atoms with Gasteiger partial charge in [0.1, 0.15) is 6.10 Å². The fourth-order valence-corrected chi connectivity index (χ4v) is 3.65. The van der Waals surface area contributed by atoms with Gasteiger partial charge in [0, 0.05) is 13.0 Å². The number of benzene rings is 2. The Balaban J connectivity index is 1.41. The minimum atomic E-state index is 0.169. The molecule has 2 fully saturated rings. The molecule has 4 rings (SSSR count). The van der Waals surface area contributed by atoms with E-state index in [4.69, 9.17) is 9.57 Å². The van der Waals surface area contributed by atoms with Crippen molar-refractivity contribution < 1.29 is 9.57 Å². The quantitative estimate of drug-likeness (QED) is 0.848. The van der Waals surface area contributed by atoms with Crippen LogP contribution in [0.25, 0.3) is 0 Å². The number of hydrogen-bond donors (Lipinski definition) is 0. The van der Waals surface area contributed by atoms with Crippen LogP contribution in [0.4, 0.5) is 0 Å². The summed E-state index contributed by atoms with van der Waals surface area (Å²) >= 11 is 0. The molecule has 3 nitrogen and oxygen atoms in total. The summed E-state index contributed by atoms with van der Waals surface area (Å²) in [4.78, 5) is 6.19. The van der Waals surface area contributed by atoms with Gasteiger partial charge in [0.05, 0.1) is 18.8 Å². The van der Waals surface area contributed by atoms with Crippen LogP contribution in [-0.4, -0.2) is 23.8 Å². The van der Waals surface area contributed by atoms with E-state index >= 15 is 0 Å². The summed E-state index contributed by atoms with van der Waals surface area (Å²) in [6.07, 6.45) is 3.71. The molecule has 0 unspecified atom stereocenters. The lowest BCUT2D eigenvalue weighted by atomic mass is 9.94. The van der Waals surface area contributed by atoms with E-state index in [1.54, 1.807) is 0 Å². The summed E-state index contributed by atoms with van der Waals surface area (Å²) in [5, 5.41) is 2.16. The van der Waals surface area contributed by atoms with Crippen molar-refractivity contribution in [3.05, 3.63) is 71.8 Å². The van der Waals surface area contributed by atoms with Gasteiger partial charge in [0.25, 0.3) is 0 Å². The van der Waals surface area contributed by atoms with Crippen molar-refractivity contribution in [2.24, 2.45) is 0 Å². The number of hydroxylamine groups is 2. The van der Waals surface area contributed by atoms with Gasteiger partial charge in [-0.1, -0.05) is 60.7 Å². The molecule has 2 aromatic rings. The summed E-state index contributed by atoms with van der Waals surface area (Å²) < 4.78 is 6.25. The highest BCUT2D eigenvalue weighted by atomic mass is 16.7. The largest absolute Gasteiger partial charge is 0.372 e. The molecule has 3 heteroatoms. The Labute approximate surface area is 137 Å². The van der Waals surface area contributed by atoms with E-state index in [-0.39, 0.29) is 12.2 Å². The molecule has 0 saturated carbocycles. The van der Waals surface area contributed by atoms with Crippen LogP contribution in [-0.2, 0) is 16.2 Å². The average molecular weight is 309 g/mol. The van der Waals surface area contributed by atoms with E-state index in [0.29, 0.717) is 12.6 Å². The predicted octanol–water partition coefficient (Wildman–Crippen LogP) is 4.11. The van der Waals surface area contributed by atoms with Crippen LogP contribution in [0.3, 0.4) is 0 Å². The van der Waals surface area contributed by atoms with Gasteiger partial charge >= 0.3 is 0 Å². The molecule has 0 N–H and O–H groups in total. The van der Waals surface area contributed by atoms with E-state index in [0.717, 1.165) is 25.8 Å². The molecule has 2 saturated heterocycles. The number of fused-ring (bicyclic) bond motifs is 1. The Kier molecular flexibility index (Phi) is 4.42. The minimum absolute atomic E-state index is 0.169. The molecule has 0 bridgehead atoms. The maximum Gasteiger partial charge on any atom is 0.106 e. The first-order chi connectivity index (χ1) is 11.4. The molecular formula is C20H23NO2. The Bertz CT molecular complexity index is 616. The second kappa shape index (κ2) is 6.83. The van der Waals surface area contributed by atoms with Crippen molar-refractivity contribution in [2.75, 3.05) is 6.54 Å². The third kappa shape index (κ3) is 3.32. The summed E-state index contributed by atoms with van der Waals surface area (Å²) in [6.45, 7) is 1.70. The molecule has 0 aliphatic carbocycles. The van der Waals surface area contributed by atoms with Gasteiger partial charge in [-0.3, -0.25) is 4.84 Å². The Morgan fingerprint density at radius 2 is 1.74 bits per heavy atom. The van der Waals surface area contributed by atoms with E-state index < -0.39 is 0 Å². The van der Waals surface area contributed by atoms with Crippen molar-refractivity contribution >= 4 is 0 Å². The van der Waals surface area contributed by atoms with Crippen LogP contribution >= 0.6 is 0 Å². The van der Waals surface area contributed by atoms with Crippen LogP contribution in [0.5, 0.6) is 0 Å². The second-order valence-corrected chi connectivity index (χ2v) is 6.43. The van der Waals surface area contributed by atoms with E-state index in [1.165, 1.54) is 11.1 Å². The Morgan fingerprint density at radius 3 is 2.52 bits per heavy atom. The van der Waals surface area contributed by atoms with Gasteiger partial charge < -0.3 is 4.74 Å². The molecule has 23 heavy (non-hydrogen) atoms. The smallest absolute Gasteiger partial charge is 0.106 e. The van der Waals surface area contributed by atoms with Gasteiger partial charge in [0.2, 0.25) is 0 Å². The molecule has 2 aliphatic rings. The Morgan fingerprint density at radius 1 is 1.00 bits per heavy atom. The summed E-state index contributed by atoms with van der Waals surface area (Å²) in [5.41, 5.74) is 2.51. The molecular weight excluding hydrogens is 286 g/mol. The highest BCUT2D eigenvalue weighted by molar-refractivity contribution is 5.19. The standard InChI is InChI=1S/C20H23NO2/c1-3-8-16(9-4-1)15-22-19-12-7-13-21-18(19)14-20(23-21)17-10-5-2-6-11-17/h1-6,8-11,18-20H,7,12-15H2/t18-,19-,20-/m0/s1. The summed E-state index contributed by atoms with van der Waals surface area (Å²) in [5.74, 6) is 0. The lowest BCUT2D eigenvalue weighted by Crippen LogP contribution is -2.44. The first kappa shape index (κ1) is 14.9. The van der Waals surface area contributed by atoms with Gasteiger partial charge in [-0.05, 0) is 24.0 Å². The monoisotopic (exact) mass is 309 g/mol. The normalized spacial score (nSPS) is 27.7. The van der Waals surface area contributed by atoms with Gasteiger partial charge in [0.15, 0.2) is 0 Å². The van der Waals surface area contributed by atoms with Gasteiger partial charge in [-0.15, -0.1) is 0 Å². The second-order valence-electron chi connectivity index (χ2n) is 6.43. The lowest BCUT2D eigenvalue weighted by Gasteiger charge is -2.34. The van der Waals surface area contributed by atoms with Crippen LogP contribution < -0.4 is 0 Å². The molecule has 120 valence electrons. The zero-order valence-electron chi connectivity index (χ0n) is 13.3. The van der Waals surface area contributed by atoms with Crippen molar-refractivity contribution in [3.8, 4) is 0 Å². The molecule has 3 atom stereocenters. The third-order valence-corrected chi connectivity index (χ3v) is 4.86. The van der Waals surface area contributed by atoms with E-state index in [1.807, 2.05) is 6.07 Å². The van der Waals surface area contributed by atoms with Crippen molar-refractivity contribution in [1.29, 1.82) is 0 Å². The zero-order valence-corrected chi connectivity index (χ0v) is 13.3. The SMILES string of the molecule is c1ccc(CO[C@H]2CCCN3O[C@H](c4ccccc4)C[C@@H]23)cc1. The zero-order chi connectivity index (χ0) is 15.5. The van der Waals surface area contributed by atoms with Gasteiger partial charge in [-0.25, -0.2) is 0 Å². The van der Waals surface area contributed by atoms with Gasteiger partial charge in [-0.2, -0.15) is 5.06 Å². The lowest BCUT2D eigenvalue weighted by molar-refractivity contribution is -0.198.